The van der Waals surface area contributed by atoms with Gasteiger partial charge >= 0.3 is 51.4 Å². The summed E-state index contributed by atoms with van der Waals surface area (Å²) in [6.45, 7) is 15.6. The number of fused-ring (bicyclic) bond motifs is 1. The normalized spacial score (nSPS) is 11.0. The molecule has 2 aromatic heterocycles. The Hall–Kier alpha value is -1.54. The van der Waals surface area contributed by atoms with Crippen molar-refractivity contribution in [3.8, 4) is 0 Å². The molecule has 41 heavy (non-hydrogen) atoms. The third-order valence-electron chi connectivity index (χ3n) is 6.42. The Bertz CT molecular complexity index is 1100. The molecule has 220 valence electrons. The molecule has 6 heteroatoms. The van der Waals surface area contributed by atoms with Crippen LogP contribution < -0.4 is 56.7 Å². The smallest absolute Gasteiger partial charge is 0.418 e. The number of aliphatic hydroxyl groups is 1. The Kier molecular flexibility index (Phi) is 25.1. The number of hydrogen-bond donors (Lipinski definition) is 2. The predicted molar refractivity (Wildman–Crippen MR) is 173 cm³/mol. The second-order valence-electron chi connectivity index (χ2n) is 10.3. The maximum atomic E-state index is 8.62. The molecule has 3 aromatic rings. The van der Waals surface area contributed by atoms with Gasteiger partial charge in [-0.15, -0.1) is 6.07 Å². The summed E-state index contributed by atoms with van der Waals surface area (Å²) in [4.78, 5) is 4.31. The van der Waals surface area contributed by atoms with Gasteiger partial charge in [-0.25, -0.2) is 0 Å². The van der Waals surface area contributed by atoms with Crippen molar-refractivity contribution < 1.29 is 56.5 Å². The van der Waals surface area contributed by atoms with Gasteiger partial charge in [0.2, 0.25) is 0 Å². The topological polar surface area (TPSA) is 62.5 Å². The number of benzene rings is 1. The van der Waals surface area contributed by atoms with E-state index < -0.39 is 0 Å². The Morgan fingerprint density at radius 3 is 2.29 bits per heavy atom. The molecule has 0 unspecified atom stereocenters. The first-order valence-electron chi connectivity index (χ1n) is 15.1. The summed E-state index contributed by atoms with van der Waals surface area (Å²) in [7, 11) is 0. The van der Waals surface area contributed by atoms with Gasteiger partial charge in [0.15, 0.2) is 0 Å². The zero-order chi connectivity index (χ0) is 29.4. The minimum absolute atomic E-state index is 0. The van der Waals surface area contributed by atoms with Crippen molar-refractivity contribution >= 4 is 11.5 Å². The fraction of sp³-hybridized carbons (Fsp3) is 0.486. The number of hydrogen-bond acceptors (Lipinski definition) is 4. The summed E-state index contributed by atoms with van der Waals surface area (Å²) in [5.74, 6) is 1.31. The maximum absolute atomic E-state index is 8.62. The molecule has 0 atom stereocenters. The first-order valence-corrected chi connectivity index (χ1v) is 15.1. The first-order chi connectivity index (χ1) is 19.5. The molecule has 0 saturated heterocycles. The van der Waals surface area contributed by atoms with Crippen molar-refractivity contribution in [2.75, 3.05) is 11.9 Å². The van der Waals surface area contributed by atoms with Crippen LogP contribution in [0.25, 0.3) is 5.65 Å². The van der Waals surface area contributed by atoms with Gasteiger partial charge in [-0.3, -0.25) is 0 Å². The van der Waals surface area contributed by atoms with Crippen LogP contribution in [0.4, 0.5) is 5.82 Å². The molecular formula is C35H53KN4O. The molecule has 3 rings (SSSR count). The molecule has 0 aliphatic carbocycles. The molecular weight excluding hydrogens is 532 g/mol. The molecule has 0 saturated carbocycles. The van der Waals surface area contributed by atoms with Gasteiger partial charge in [-0.05, 0) is 43.2 Å². The van der Waals surface area contributed by atoms with Gasteiger partial charge in [-0.2, -0.15) is 5.10 Å². The average molecular weight is 585 g/mol. The number of aromatic nitrogens is 3. The van der Waals surface area contributed by atoms with E-state index in [4.69, 9.17) is 5.11 Å². The summed E-state index contributed by atoms with van der Waals surface area (Å²) in [6.07, 6.45) is 23.9. The summed E-state index contributed by atoms with van der Waals surface area (Å²) < 4.78 is 1.84. The Morgan fingerprint density at radius 2 is 1.68 bits per heavy atom. The molecule has 0 aliphatic rings. The van der Waals surface area contributed by atoms with Crippen molar-refractivity contribution in [3.63, 3.8) is 0 Å². The van der Waals surface area contributed by atoms with Crippen LogP contribution in [-0.4, -0.2) is 26.3 Å². The second-order valence-corrected chi connectivity index (χ2v) is 10.3. The number of unbranched alkanes of at least 4 members (excludes halogenated alkanes) is 6. The third kappa shape index (κ3) is 17.9. The Morgan fingerprint density at radius 1 is 1.02 bits per heavy atom. The van der Waals surface area contributed by atoms with Crippen LogP contribution in [0.3, 0.4) is 0 Å². The number of rotatable bonds is 15. The van der Waals surface area contributed by atoms with E-state index in [2.05, 4.69) is 81.0 Å². The second kappa shape index (κ2) is 26.1. The van der Waals surface area contributed by atoms with Gasteiger partial charge in [0, 0.05) is 30.8 Å². The standard InChI is InChI=1S/C16H17N4.C15H26O.C4H10.K/c1-12(2)14-11-19-20-15(8-9-17-16(14)20)18-10-13-6-4-3-5-7-13;1-3-4-9-12-15(2)13-10-7-5-6-8-11-14-16;1-3-4-2;/h3-8,11-12,18H,10H2,1-2H3;3-4,9,12,16H,1,5-8,10-11,13-14H2,2H3;3-4H2,1-2H3;/q-1;;;+1/b;9-4-,15-12+;;. The molecule has 5 nitrogen and oxygen atoms in total. The van der Waals surface area contributed by atoms with Gasteiger partial charge in [-0.1, -0.05) is 139 Å². The van der Waals surface area contributed by atoms with Crippen LogP contribution in [0.15, 0.2) is 79.1 Å². The van der Waals surface area contributed by atoms with Gasteiger partial charge in [0.05, 0.1) is 0 Å². The number of anilines is 1. The molecule has 0 fully saturated rings. The molecule has 1 aromatic carbocycles. The first kappa shape index (κ1) is 39.5. The predicted octanol–water partition coefficient (Wildman–Crippen LogP) is 6.47. The molecule has 0 amide bonds. The fourth-order valence-corrected chi connectivity index (χ4v) is 3.78. The van der Waals surface area contributed by atoms with Gasteiger partial charge < -0.3 is 19.9 Å². The Labute approximate surface area is 293 Å². The van der Waals surface area contributed by atoms with Crippen LogP contribution in [0.1, 0.15) is 109 Å². The monoisotopic (exact) mass is 584 g/mol. The summed E-state index contributed by atoms with van der Waals surface area (Å²) in [6, 6.07) is 12.1. The number of nitrogens with one attached hydrogen (secondary N) is 1. The van der Waals surface area contributed by atoms with Crippen LogP contribution in [0.2, 0.25) is 0 Å². The van der Waals surface area contributed by atoms with Crippen molar-refractivity contribution in [2.24, 2.45) is 0 Å². The van der Waals surface area contributed by atoms with E-state index in [1.165, 1.54) is 62.5 Å². The molecule has 0 bridgehead atoms. The molecule has 2 heterocycles. The van der Waals surface area contributed by atoms with E-state index in [1.54, 1.807) is 6.08 Å². The maximum Gasteiger partial charge on any atom is 1.00 e. The summed E-state index contributed by atoms with van der Waals surface area (Å²) in [5, 5.41) is 16.4. The van der Waals surface area contributed by atoms with Gasteiger partial charge in [0.1, 0.15) is 0 Å². The quantitative estimate of drug-likeness (QED) is 0.0930. The van der Waals surface area contributed by atoms with E-state index in [1.807, 2.05) is 47.1 Å². The van der Waals surface area contributed by atoms with Crippen LogP contribution in [0, 0.1) is 6.20 Å². The number of allylic oxidation sites excluding steroid dienone is 5. The van der Waals surface area contributed by atoms with E-state index in [-0.39, 0.29) is 51.4 Å². The minimum Gasteiger partial charge on any atom is -0.418 e. The van der Waals surface area contributed by atoms with Crippen LogP contribution in [-0.2, 0) is 6.54 Å². The molecule has 0 spiro atoms. The van der Waals surface area contributed by atoms with E-state index in [0.29, 0.717) is 12.5 Å². The summed E-state index contributed by atoms with van der Waals surface area (Å²) >= 11 is 0. The van der Waals surface area contributed by atoms with Crippen molar-refractivity contribution in [1.29, 1.82) is 0 Å². The van der Waals surface area contributed by atoms with Crippen molar-refractivity contribution in [2.45, 2.75) is 105 Å². The largest absolute Gasteiger partial charge is 1.00 e. The average Bonchev–Trinajstić information content (AvgIpc) is 3.42. The molecule has 2 N–H and O–H groups in total. The van der Waals surface area contributed by atoms with E-state index >= 15 is 0 Å². The fourth-order valence-electron chi connectivity index (χ4n) is 3.78. The van der Waals surface area contributed by atoms with Crippen molar-refractivity contribution in [3.05, 3.63) is 96.4 Å². The number of aliphatic hydroxyl groups excluding tert-OH is 1. The van der Waals surface area contributed by atoms with Crippen LogP contribution >= 0.6 is 0 Å². The molecule has 0 aliphatic heterocycles. The summed E-state index contributed by atoms with van der Waals surface area (Å²) in [5.41, 5.74) is 4.69. The minimum atomic E-state index is 0. The van der Waals surface area contributed by atoms with E-state index in [0.717, 1.165) is 30.0 Å². The third-order valence-corrected chi connectivity index (χ3v) is 6.42. The zero-order valence-corrected chi connectivity index (χ0v) is 29.8. The Balaban J connectivity index is 0.000000691. The zero-order valence-electron chi connectivity index (χ0n) is 26.7. The van der Waals surface area contributed by atoms with Gasteiger partial charge in [0.25, 0.3) is 0 Å². The van der Waals surface area contributed by atoms with Crippen LogP contribution in [0.5, 0.6) is 0 Å². The molecule has 0 radical (unpaired) electrons. The van der Waals surface area contributed by atoms with E-state index in [9.17, 15) is 0 Å². The van der Waals surface area contributed by atoms with Crippen molar-refractivity contribution in [1.82, 2.24) is 14.6 Å². The SMILES string of the molecule is C=C/C=C\C=C(/C)CCCCCCCCO.CC(C)c1cnn2c(NCc3ccccc3)c[c-]nc12.CCCC.[K+]. The number of nitrogens with zero attached hydrogens (tertiary/aromatic N) is 3.